The molecule has 3 rings (SSSR count). The highest BCUT2D eigenvalue weighted by molar-refractivity contribution is 5.76. The van der Waals surface area contributed by atoms with Crippen molar-refractivity contribution in [3.05, 3.63) is 18.6 Å². The Morgan fingerprint density at radius 3 is 3.12 bits per heavy atom. The Morgan fingerprint density at radius 2 is 2.42 bits per heavy atom. The van der Waals surface area contributed by atoms with Gasteiger partial charge in [-0.15, -0.1) is 0 Å². The van der Waals surface area contributed by atoms with Crippen molar-refractivity contribution < 1.29 is 13.9 Å². The molecule has 1 amide bonds. The minimum atomic E-state index is -0.889. The Kier molecular flexibility index (Phi) is 5.60. The van der Waals surface area contributed by atoms with Crippen molar-refractivity contribution in [2.45, 2.75) is 50.4 Å². The number of nitrogens with zero attached hydrogens (tertiary/aromatic N) is 4. The van der Waals surface area contributed by atoms with Crippen molar-refractivity contribution in [1.29, 1.82) is 0 Å². The molecular formula is C17H25FN4O2. The van der Waals surface area contributed by atoms with Gasteiger partial charge in [0.25, 0.3) is 0 Å². The number of hydrogen-bond acceptors (Lipinski definition) is 5. The van der Waals surface area contributed by atoms with Gasteiger partial charge in [0.2, 0.25) is 5.91 Å². The van der Waals surface area contributed by atoms with Gasteiger partial charge in [0.1, 0.15) is 18.3 Å². The number of anilines is 1. The average molecular weight is 336 g/mol. The lowest BCUT2D eigenvalue weighted by molar-refractivity contribution is -0.130. The molecule has 1 unspecified atom stereocenters. The van der Waals surface area contributed by atoms with Gasteiger partial charge in [-0.2, -0.15) is 0 Å². The molecule has 0 N–H and O–H groups in total. The lowest BCUT2D eigenvalue weighted by atomic mass is 10.1. The smallest absolute Gasteiger partial charge is 0.222 e. The van der Waals surface area contributed by atoms with Gasteiger partial charge in [0.15, 0.2) is 0 Å². The van der Waals surface area contributed by atoms with Crippen LogP contribution < -0.4 is 4.90 Å². The van der Waals surface area contributed by atoms with Gasteiger partial charge in [-0.1, -0.05) is 0 Å². The SMILES string of the molecule is CN(C[C@@H]1C[C@H](F)CN1c1ccncn1)C(=O)CCC1CCCO1. The van der Waals surface area contributed by atoms with Crippen LogP contribution in [0.25, 0.3) is 0 Å². The van der Waals surface area contributed by atoms with Crippen LogP contribution in [0.3, 0.4) is 0 Å². The van der Waals surface area contributed by atoms with Crippen molar-refractivity contribution in [3.63, 3.8) is 0 Å². The Bertz CT molecular complexity index is 539. The molecule has 2 saturated heterocycles. The Balaban J connectivity index is 1.53. The quantitative estimate of drug-likeness (QED) is 0.793. The van der Waals surface area contributed by atoms with E-state index >= 15 is 0 Å². The minimum absolute atomic E-state index is 0.0495. The maximum absolute atomic E-state index is 13.9. The fourth-order valence-corrected chi connectivity index (χ4v) is 3.53. The topological polar surface area (TPSA) is 58.6 Å². The molecule has 7 heteroatoms. The molecule has 0 spiro atoms. The number of aromatic nitrogens is 2. The van der Waals surface area contributed by atoms with Gasteiger partial charge >= 0.3 is 0 Å². The number of ether oxygens (including phenoxy) is 1. The molecule has 0 saturated carbocycles. The molecular weight excluding hydrogens is 311 g/mol. The highest BCUT2D eigenvalue weighted by atomic mass is 19.1. The standard InChI is InChI=1S/C17H25FN4O2/c1-21(17(23)5-4-15-3-2-8-24-15)11-14-9-13(18)10-22(14)16-6-7-19-12-20-16/h6-7,12-15H,2-5,8-11H2,1H3/t13-,14-,15?/m0/s1. The first-order valence-electron chi connectivity index (χ1n) is 8.66. The molecule has 24 heavy (non-hydrogen) atoms. The van der Waals surface area contributed by atoms with E-state index in [4.69, 9.17) is 4.74 Å². The molecule has 0 aromatic carbocycles. The molecule has 6 nitrogen and oxygen atoms in total. The molecule has 1 aromatic heterocycles. The number of rotatable bonds is 6. The predicted molar refractivity (Wildman–Crippen MR) is 88.5 cm³/mol. The van der Waals surface area contributed by atoms with Crippen LogP contribution in [-0.4, -0.2) is 65.8 Å². The number of likely N-dealkylation sites (N-methyl/N-ethyl adjacent to an activating group) is 1. The summed E-state index contributed by atoms with van der Waals surface area (Å²) in [5, 5.41) is 0. The number of carbonyl (C=O) groups is 1. The zero-order valence-electron chi connectivity index (χ0n) is 14.1. The molecule has 0 radical (unpaired) electrons. The summed E-state index contributed by atoms with van der Waals surface area (Å²) in [6.07, 6.45) is 6.27. The van der Waals surface area contributed by atoms with E-state index in [0.29, 0.717) is 25.9 Å². The number of alkyl halides is 1. The Labute approximate surface area is 142 Å². The fourth-order valence-electron chi connectivity index (χ4n) is 3.53. The van der Waals surface area contributed by atoms with Crippen molar-refractivity contribution in [1.82, 2.24) is 14.9 Å². The lowest BCUT2D eigenvalue weighted by Gasteiger charge is -2.29. The van der Waals surface area contributed by atoms with Crippen LogP contribution in [0.4, 0.5) is 10.2 Å². The third kappa shape index (κ3) is 4.20. The summed E-state index contributed by atoms with van der Waals surface area (Å²) >= 11 is 0. The van der Waals surface area contributed by atoms with Crippen LogP contribution >= 0.6 is 0 Å². The van der Waals surface area contributed by atoms with Crippen molar-refractivity contribution >= 4 is 11.7 Å². The molecule has 2 fully saturated rings. The van der Waals surface area contributed by atoms with E-state index in [9.17, 15) is 9.18 Å². The second-order valence-electron chi connectivity index (χ2n) is 6.65. The zero-order chi connectivity index (χ0) is 16.9. The molecule has 3 heterocycles. The summed E-state index contributed by atoms with van der Waals surface area (Å²) in [4.78, 5) is 24.1. The van der Waals surface area contributed by atoms with Gasteiger partial charge in [-0.3, -0.25) is 4.79 Å². The third-order valence-corrected chi connectivity index (χ3v) is 4.84. The normalized spacial score (nSPS) is 26.8. The van der Waals surface area contributed by atoms with E-state index in [-0.39, 0.29) is 18.1 Å². The molecule has 0 bridgehead atoms. The van der Waals surface area contributed by atoms with Crippen LogP contribution in [0.1, 0.15) is 32.1 Å². The van der Waals surface area contributed by atoms with E-state index in [2.05, 4.69) is 9.97 Å². The highest BCUT2D eigenvalue weighted by Gasteiger charge is 2.34. The van der Waals surface area contributed by atoms with Crippen molar-refractivity contribution in [2.75, 3.05) is 31.6 Å². The second-order valence-corrected chi connectivity index (χ2v) is 6.65. The molecule has 3 atom stereocenters. The van der Waals surface area contributed by atoms with Gasteiger partial charge in [0, 0.05) is 39.2 Å². The summed E-state index contributed by atoms with van der Waals surface area (Å²) < 4.78 is 19.5. The predicted octanol–water partition coefficient (Wildman–Crippen LogP) is 1.81. The first-order valence-corrected chi connectivity index (χ1v) is 8.66. The van der Waals surface area contributed by atoms with Gasteiger partial charge in [-0.25, -0.2) is 14.4 Å². The first kappa shape index (κ1) is 17.1. The number of halogens is 1. The fraction of sp³-hybridized carbons (Fsp3) is 0.706. The van der Waals surface area contributed by atoms with Crippen LogP contribution in [0, 0.1) is 0 Å². The van der Waals surface area contributed by atoms with E-state index in [1.165, 1.54) is 6.33 Å². The third-order valence-electron chi connectivity index (χ3n) is 4.84. The highest BCUT2D eigenvalue weighted by Crippen LogP contribution is 2.26. The second kappa shape index (κ2) is 7.88. The number of hydrogen-bond donors (Lipinski definition) is 0. The lowest BCUT2D eigenvalue weighted by Crippen LogP contribution is -2.41. The average Bonchev–Trinajstić information content (AvgIpc) is 3.23. The largest absolute Gasteiger partial charge is 0.378 e. The number of amides is 1. The van der Waals surface area contributed by atoms with E-state index in [0.717, 1.165) is 31.7 Å². The minimum Gasteiger partial charge on any atom is -0.378 e. The van der Waals surface area contributed by atoms with Crippen LogP contribution in [-0.2, 0) is 9.53 Å². The summed E-state index contributed by atoms with van der Waals surface area (Å²) in [6, 6.07) is 1.73. The van der Waals surface area contributed by atoms with Crippen LogP contribution in [0.2, 0.25) is 0 Å². The molecule has 1 aromatic rings. The molecule has 0 aliphatic carbocycles. The van der Waals surface area contributed by atoms with Gasteiger partial charge < -0.3 is 14.5 Å². The van der Waals surface area contributed by atoms with Gasteiger partial charge in [0.05, 0.1) is 18.7 Å². The Hall–Kier alpha value is -1.76. The Morgan fingerprint density at radius 1 is 1.54 bits per heavy atom. The maximum atomic E-state index is 13.9. The summed E-state index contributed by atoms with van der Waals surface area (Å²) in [5.41, 5.74) is 0. The van der Waals surface area contributed by atoms with Crippen molar-refractivity contribution in [3.8, 4) is 0 Å². The summed E-state index contributed by atoms with van der Waals surface area (Å²) in [7, 11) is 1.79. The molecule has 132 valence electrons. The van der Waals surface area contributed by atoms with E-state index < -0.39 is 6.17 Å². The van der Waals surface area contributed by atoms with E-state index in [1.54, 1.807) is 24.2 Å². The molecule has 2 aliphatic rings. The van der Waals surface area contributed by atoms with Crippen LogP contribution in [0.5, 0.6) is 0 Å². The number of carbonyl (C=O) groups excluding carboxylic acids is 1. The monoisotopic (exact) mass is 336 g/mol. The maximum Gasteiger partial charge on any atom is 0.222 e. The summed E-state index contributed by atoms with van der Waals surface area (Å²) in [5.74, 6) is 0.811. The van der Waals surface area contributed by atoms with E-state index in [1.807, 2.05) is 4.90 Å². The zero-order valence-corrected chi connectivity index (χ0v) is 14.1. The first-order chi connectivity index (χ1) is 11.6. The van der Waals surface area contributed by atoms with Crippen molar-refractivity contribution in [2.24, 2.45) is 0 Å². The van der Waals surface area contributed by atoms with Crippen LogP contribution in [0.15, 0.2) is 18.6 Å². The van der Waals surface area contributed by atoms with Gasteiger partial charge in [-0.05, 0) is 25.3 Å². The summed E-state index contributed by atoms with van der Waals surface area (Å²) in [6.45, 7) is 1.64. The molecule has 2 aliphatic heterocycles.